The van der Waals surface area contributed by atoms with E-state index in [-0.39, 0.29) is 138 Å². The summed E-state index contributed by atoms with van der Waals surface area (Å²) in [7, 11) is -1.84. The number of hydrogen-bond acceptors (Lipinski definition) is 2. The predicted octanol–water partition coefficient (Wildman–Crippen LogP) is -7.89. The second kappa shape index (κ2) is 9.85. The summed E-state index contributed by atoms with van der Waals surface area (Å²) in [4.78, 5) is 0. The Labute approximate surface area is 185 Å². The van der Waals surface area contributed by atoms with Crippen molar-refractivity contribution in [3.63, 3.8) is 0 Å². The first-order valence-corrected chi connectivity index (χ1v) is 2.67. The van der Waals surface area contributed by atoms with E-state index in [1.54, 1.807) is 18.2 Å². The molecule has 1 aromatic rings. The Kier molecular flexibility index (Phi) is 15.0. The summed E-state index contributed by atoms with van der Waals surface area (Å²) in [5.74, 6) is 0. The molecule has 0 fully saturated rings. The van der Waals surface area contributed by atoms with Gasteiger partial charge in [0.2, 0.25) is 0 Å². The molecule has 0 radical (unpaired) electrons. The minimum Gasteiger partial charge on any atom is -0.889 e. The third kappa shape index (κ3) is 7.26. The normalized spacial score (nSPS) is 7.45. The average Bonchev–Trinajstić information content (AvgIpc) is 1.90. The van der Waals surface area contributed by atoms with E-state index in [4.69, 9.17) is 0 Å². The third-order valence-corrected chi connectivity index (χ3v) is 1.07. The SMILES string of the molecule is [Cs+].[Cs+].[O-]B([O-])c1ccccc1. The molecular weight excluding hydrogens is 381 g/mol. The number of benzene rings is 1. The summed E-state index contributed by atoms with van der Waals surface area (Å²) < 4.78 is 0. The van der Waals surface area contributed by atoms with Gasteiger partial charge in [-0.1, -0.05) is 37.5 Å². The van der Waals surface area contributed by atoms with Crippen LogP contribution >= 0.6 is 0 Å². The topological polar surface area (TPSA) is 46.1 Å². The van der Waals surface area contributed by atoms with E-state index in [9.17, 15) is 10.0 Å². The van der Waals surface area contributed by atoms with E-state index >= 15 is 0 Å². The Hall–Kier alpha value is 3.31. The third-order valence-electron chi connectivity index (χ3n) is 1.07. The van der Waals surface area contributed by atoms with Crippen LogP contribution in [0.5, 0.6) is 0 Å². The molecule has 0 aliphatic heterocycles. The summed E-state index contributed by atoms with van der Waals surface area (Å²) in [6.07, 6.45) is 0. The second-order valence-corrected chi connectivity index (χ2v) is 1.74. The van der Waals surface area contributed by atoms with E-state index < -0.39 is 7.12 Å². The Balaban J connectivity index is 0. The second-order valence-electron chi connectivity index (χ2n) is 1.74. The zero-order valence-electron chi connectivity index (χ0n) is 6.78. The maximum atomic E-state index is 10.2. The summed E-state index contributed by atoms with van der Waals surface area (Å²) in [6, 6.07) is 8.19. The van der Waals surface area contributed by atoms with Crippen LogP contribution < -0.4 is 153 Å². The van der Waals surface area contributed by atoms with Crippen LogP contribution in [0.25, 0.3) is 0 Å². The Morgan fingerprint density at radius 2 is 1.36 bits per heavy atom. The minimum atomic E-state index is -1.84. The molecule has 2 nitrogen and oxygen atoms in total. The van der Waals surface area contributed by atoms with Crippen molar-refractivity contribution in [3.8, 4) is 0 Å². The molecule has 0 unspecified atom stereocenters. The van der Waals surface area contributed by atoms with E-state index in [1.165, 1.54) is 12.1 Å². The number of rotatable bonds is 1. The van der Waals surface area contributed by atoms with Crippen molar-refractivity contribution >= 4 is 12.6 Å². The molecule has 11 heavy (non-hydrogen) atoms. The van der Waals surface area contributed by atoms with Gasteiger partial charge in [-0.05, 0) is 0 Å². The molecule has 0 bridgehead atoms. The van der Waals surface area contributed by atoms with Crippen LogP contribution in [-0.2, 0) is 0 Å². The van der Waals surface area contributed by atoms with Gasteiger partial charge in [-0.3, -0.25) is 0 Å². The van der Waals surface area contributed by atoms with Crippen molar-refractivity contribution in [1.82, 2.24) is 0 Å². The molecule has 46 valence electrons. The van der Waals surface area contributed by atoms with Crippen LogP contribution in [0.1, 0.15) is 0 Å². The smallest absolute Gasteiger partial charge is 0.889 e. The fourth-order valence-electron chi connectivity index (χ4n) is 0.610. The van der Waals surface area contributed by atoms with Crippen molar-refractivity contribution in [2.75, 3.05) is 0 Å². The van der Waals surface area contributed by atoms with Gasteiger partial charge >= 0.3 is 138 Å². The van der Waals surface area contributed by atoms with Crippen molar-refractivity contribution in [2.24, 2.45) is 0 Å². The summed E-state index contributed by atoms with van der Waals surface area (Å²) in [5.41, 5.74) is 0.303. The van der Waals surface area contributed by atoms with Gasteiger partial charge in [-0.2, -0.15) is 0 Å². The van der Waals surface area contributed by atoms with Gasteiger partial charge in [0.25, 0.3) is 0 Å². The molecule has 1 rings (SSSR count). The van der Waals surface area contributed by atoms with Gasteiger partial charge in [-0.15, -0.1) is 5.46 Å². The zero-order valence-corrected chi connectivity index (χ0v) is 19.3. The van der Waals surface area contributed by atoms with Crippen LogP contribution in [0.2, 0.25) is 0 Å². The predicted molar refractivity (Wildman–Crippen MR) is 31.8 cm³/mol. The molecule has 0 spiro atoms. The summed E-state index contributed by atoms with van der Waals surface area (Å²) in [5, 5.41) is 20.3. The van der Waals surface area contributed by atoms with E-state index in [2.05, 4.69) is 0 Å². The van der Waals surface area contributed by atoms with Crippen molar-refractivity contribution in [2.45, 2.75) is 0 Å². The molecule has 0 atom stereocenters. The van der Waals surface area contributed by atoms with E-state index in [0.29, 0.717) is 5.46 Å². The summed E-state index contributed by atoms with van der Waals surface area (Å²) in [6.45, 7) is 0. The molecule has 0 aliphatic carbocycles. The maximum absolute atomic E-state index is 10.2. The fourth-order valence-corrected chi connectivity index (χ4v) is 0.610. The molecule has 0 saturated carbocycles. The first kappa shape index (κ1) is 16.7. The van der Waals surface area contributed by atoms with Crippen molar-refractivity contribution in [1.29, 1.82) is 0 Å². The largest absolute Gasteiger partial charge is 1.00 e. The zero-order chi connectivity index (χ0) is 6.69. The van der Waals surface area contributed by atoms with Crippen LogP contribution in [-0.4, -0.2) is 7.12 Å². The Morgan fingerprint density at radius 1 is 0.909 bits per heavy atom. The van der Waals surface area contributed by atoms with Crippen LogP contribution in [0.15, 0.2) is 30.3 Å². The molecule has 0 N–H and O–H groups in total. The molecule has 0 amide bonds. The van der Waals surface area contributed by atoms with Gasteiger partial charge < -0.3 is 10.0 Å². The van der Waals surface area contributed by atoms with Crippen LogP contribution in [0, 0.1) is 0 Å². The molecule has 0 aromatic heterocycles. The van der Waals surface area contributed by atoms with Gasteiger partial charge in [0.05, 0.1) is 0 Å². The average molecular weight is 386 g/mol. The molecule has 1 aromatic carbocycles. The van der Waals surface area contributed by atoms with Crippen LogP contribution in [0.4, 0.5) is 0 Å². The van der Waals surface area contributed by atoms with Gasteiger partial charge in [0.15, 0.2) is 0 Å². The van der Waals surface area contributed by atoms with Crippen molar-refractivity contribution < 1.29 is 148 Å². The molecule has 5 heteroatoms. The van der Waals surface area contributed by atoms with Gasteiger partial charge in [-0.25, -0.2) is 0 Å². The van der Waals surface area contributed by atoms with Gasteiger partial charge in [0.1, 0.15) is 0 Å². The summed E-state index contributed by atoms with van der Waals surface area (Å²) >= 11 is 0. The van der Waals surface area contributed by atoms with E-state index in [1.807, 2.05) is 0 Å². The van der Waals surface area contributed by atoms with Crippen molar-refractivity contribution in [3.05, 3.63) is 30.3 Å². The molecule has 0 aliphatic rings. The molecular formula is C6H5BCs2O2. The molecule has 0 saturated heterocycles. The standard InChI is InChI=1S/C6H5BO2.2Cs/c8-7(9)6-4-2-1-3-5-6;;/h1-5H;;/q-2;2*+1. The van der Waals surface area contributed by atoms with Crippen LogP contribution in [0.3, 0.4) is 0 Å². The van der Waals surface area contributed by atoms with E-state index in [0.717, 1.165) is 0 Å². The first-order chi connectivity index (χ1) is 4.30. The Bertz CT molecular complexity index is 181. The first-order valence-electron chi connectivity index (χ1n) is 2.67. The van der Waals surface area contributed by atoms with Gasteiger partial charge in [0, 0.05) is 0 Å². The maximum Gasteiger partial charge on any atom is 1.00 e. The minimum absolute atomic E-state index is 0. The monoisotopic (exact) mass is 386 g/mol. The fraction of sp³-hybridized carbons (Fsp3) is 0. The molecule has 0 heterocycles. The number of hydrogen-bond donors (Lipinski definition) is 0. The Morgan fingerprint density at radius 3 is 1.64 bits per heavy atom. The quantitative estimate of drug-likeness (QED) is 0.451.